The predicted octanol–water partition coefficient (Wildman–Crippen LogP) is 2.82. The van der Waals surface area contributed by atoms with E-state index < -0.39 is 29.3 Å². The molecule has 2 rings (SSSR count). The number of cyclic esters (lactones) is 1. The van der Waals surface area contributed by atoms with Crippen LogP contribution in [0.3, 0.4) is 0 Å². The van der Waals surface area contributed by atoms with Crippen molar-refractivity contribution in [1.82, 2.24) is 0 Å². The van der Waals surface area contributed by atoms with E-state index in [0.717, 1.165) is 12.2 Å². The summed E-state index contributed by atoms with van der Waals surface area (Å²) < 4.78 is 18.9. The maximum atomic E-state index is 13.6. The Labute approximate surface area is 128 Å². The molecule has 0 radical (unpaired) electrons. The third kappa shape index (κ3) is 3.52. The molecule has 0 bridgehead atoms. The first-order valence-corrected chi connectivity index (χ1v) is 6.78. The first-order chi connectivity index (χ1) is 9.88. The van der Waals surface area contributed by atoms with Gasteiger partial charge in [-0.1, -0.05) is 22.0 Å². The molecule has 0 saturated carbocycles. The molecule has 0 spiro atoms. The molecule has 21 heavy (non-hydrogen) atoms. The van der Waals surface area contributed by atoms with Crippen LogP contribution >= 0.6 is 15.9 Å². The summed E-state index contributed by atoms with van der Waals surface area (Å²) in [6, 6.07) is 4.32. The molecule has 6 heteroatoms. The monoisotopic (exact) mass is 352 g/mol. The third-order valence-electron chi connectivity index (χ3n) is 2.80. The van der Waals surface area contributed by atoms with Gasteiger partial charge in [-0.05, 0) is 31.2 Å². The van der Waals surface area contributed by atoms with E-state index in [1.807, 2.05) is 0 Å². The SMILES string of the molecule is CC1=CC(=O)C(C(=O)C=Cc2ccc(Br)cc2F)C(=O)O1. The van der Waals surface area contributed by atoms with Crippen LogP contribution in [0.25, 0.3) is 6.08 Å². The van der Waals surface area contributed by atoms with Gasteiger partial charge in [0.1, 0.15) is 11.6 Å². The van der Waals surface area contributed by atoms with E-state index in [1.54, 1.807) is 6.07 Å². The van der Waals surface area contributed by atoms with E-state index >= 15 is 0 Å². The van der Waals surface area contributed by atoms with Crippen LogP contribution in [0.15, 0.2) is 40.6 Å². The van der Waals surface area contributed by atoms with Crippen LogP contribution in [0.5, 0.6) is 0 Å². The van der Waals surface area contributed by atoms with Gasteiger partial charge in [0, 0.05) is 16.1 Å². The quantitative estimate of drug-likeness (QED) is 0.476. The minimum Gasteiger partial charge on any atom is -0.430 e. The summed E-state index contributed by atoms with van der Waals surface area (Å²) >= 11 is 3.12. The molecule has 1 aromatic carbocycles. The van der Waals surface area contributed by atoms with Crippen LogP contribution in [-0.2, 0) is 19.1 Å². The number of hydrogen-bond donors (Lipinski definition) is 0. The van der Waals surface area contributed by atoms with E-state index in [4.69, 9.17) is 4.74 Å². The molecule has 0 N–H and O–H groups in total. The minimum absolute atomic E-state index is 0.150. The van der Waals surface area contributed by atoms with Crippen LogP contribution < -0.4 is 0 Å². The summed E-state index contributed by atoms with van der Waals surface area (Å²) in [5.74, 6) is -4.17. The average Bonchev–Trinajstić information content (AvgIpc) is 2.36. The van der Waals surface area contributed by atoms with Crippen LogP contribution in [0.1, 0.15) is 12.5 Å². The number of rotatable bonds is 3. The fourth-order valence-electron chi connectivity index (χ4n) is 1.81. The van der Waals surface area contributed by atoms with Gasteiger partial charge in [0.05, 0.1) is 0 Å². The van der Waals surface area contributed by atoms with E-state index in [9.17, 15) is 18.8 Å². The Kier molecular flexibility index (Phi) is 4.47. The topological polar surface area (TPSA) is 60.4 Å². The standard InChI is InChI=1S/C15H10BrFO4/c1-8-6-13(19)14(15(20)21-8)12(18)5-3-9-2-4-10(16)7-11(9)17/h2-7,14H,1H3. The van der Waals surface area contributed by atoms with E-state index in [2.05, 4.69) is 15.9 Å². The Bertz CT molecular complexity index is 691. The first-order valence-electron chi connectivity index (χ1n) is 5.99. The lowest BCUT2D eigenvalue weighted by atomic mass is 9.96. The highest BCUT2D eigenvalue weighted by Gasteiger charge is 2.36. The number of hydrogen-bond acceptors (Lipinski definition) is 4. The number of esters is 1. The Morgan fingerprint density at radius 3 is 2.71 bits per heavy atom. The van der Waals surface area contributed by atoms with Gasteiger partial charge in [-0.3, -0.25) is 14.4 Å². The molecule has 4 nitrogen and oxygen atoms in total. The zero-order valence-electron chi connectivity index (χ0n) is 10.9. The van der Waals surface area contributed by atoms with E-state index in [0.29, 0.717) is 4.47 Å². The summed E-state index contributed by atoms with van der Waals surface area (Å²) in [6.07, 6.45) is 3.32. The molecule has 0 aromatic heterocycles. The number of ketones is 2. The lowest BCUT2D eigenvalue weighted by molar-refractivity contribution is -0.151. The third-order valence-corrected chi connectivity index (χ3v) is 3.29. The minimum atomic E-state index is -1.51. The highest BCUT2D eigenvalue weighted by atomic mass is 79.9. The summed E-state index contributed by atoms with van der Waals surface area (Å²) in [4.78, 5) is 35.1. The van der Waals surface area contributed by atoms with Gasteiger partial charge in [0.2, 0.25) is 0 Å². The fraction of sp³-hybridized carbons (Fsp3) is 0.133. The second-order valence-corrected chi connectivity index (χ2v) is 5.33. The van der Waals surface area contributed by atoms with Crippen molar-refractivity contribution < 1.29 is 23.5 Å². The molecular weight excluding hydrogens is 343 g/mol. The number of allylic oxidation sites excluding steroid dienone is 3. The van der Waals surface area contributed by atoms with Crippen molar-refractivity contribution in [3.05, 3.63) is 52.0 Å². The van der Waals surface area contributed by atoms with Crippen LogP contribution in [0.4, 0.5) is 4.39 Å². The molecule has 1 aromatic rings. The lowest BCUT2D eigenvalue weighted by Crippen LogP contribution is -2.34. The fourth-order valence-corrected chi connectivity index (χ4v) is 2.14. The zero-order valence-corrected chi connectivity index (χ0v) is 12.5. The highest BCUT2D eigenvalue weighted by molar-refractivity contribution is 9.10. The van der Waals surface area contributed by atoms with Crippen LogP contribution in [0.2, 0.25) is 0 Å². The summed E-state index contributed by atoms with van der Waals surface area (Å²) in [5, 5.41) is 0. The van der Waals surface area contributed by atoms with Gasteiger partial charge < -0.3 is 4.74 Å². The van der Waals surface area contributed by atoms with Crippen LogP contribution in [-0.4, -0.2) is 17.5 Å². The van der Waals surface area contributed by atoms with Crippen LogP contribution in [0, 0.1) is 11.7 Å². The molecule has 0 saturated heterocycles. The molecule has 0 aliphatic carbocycles. The number of halogens is 2. The molecule has 1 aliphatic heterocycles. The van der Waals surface area contributed by atoms with Gasteiger partial charge in [-0.25, -0.2) is 4.39 Å². The molecule has 1 aliphatic rings. The Morgan fingerprint density at radius 2 is 2.10 bits per heavy atom. The summed E-state index contributed by atoms with van der Waals surface area (Å²) in [7, 11) is 0. The average molecular weight is 353 g/mol. The molecule has 1 atom stereocenters. The molecule has 0 fully saturated rings. The first kappa shape index (κ1) is 15.3. The maximum Gasteiger partial charge on any atom is 0.329 e. The normalized spacial score (nSPS) is 18.6. The molecule has 1 unspecified atom stereocenters. The number of ether oxygens (including phenoxy) is 1. The lowest BCUT2D eigenvalue weighted by Gasteiger charge is -2.15. The number of benzene rings is 1. The zero-order chi connectivity index (χ0) is 15.6. The Hall–Kier alpha value is -2.08. The molecular formula is C15H10BrFO4. The number of carbonyl (C=O) groups is 3. The second-order valence-electron chi connectivity index (χ2n) is 4.41. The van der Waals surface area contributed by atoms with Gasteiger partial charge in [0.15, 0.2) is 17.5 Å². The van der Waals surface area contributed by atoms with Gasteiger partial charge in [-0.15, -0.1) is 0 Å². The molecule has 1 heterocycles. The summed E-state index contributed by atoms with van der Waals surface area (Å²) in [6.45, 7) is 1.45. The smallest absolute Gasteiger partial charge is 0.329 e. The maximum absolute atomic E-state index is 13.6. The van der Waals surface area contributed by atoms with Gasteiger partial charge in [-0.2, -0.15) is 0 Å². The van der Waals surface area contributed by atoms with Crippen molar-refractivity contribution in [2.45, 2.75) is 6.92 Å². The Balaban J connectivity index is 2.20. The van der Waals surface area contributed by atoms with E-state index in [-0.39, 0.29) is 11.3 Å². The largest absolute Gasteiger partial charge is 0.430 e. The van der Waals surface area contributed by atoms with Gasteiger partial charge >= 0.3 is 5.97 Å². The van der Waals surface area contributed by atoms with Crippen molar-refractivity contribution in [3.63, 3.8) is 0 Å². The highest BCUT2D eigenvalue weighted by Crippen LogP contribution is 2.19. The number of carbonyl (C=O) groups excluding carboxylic acids is 3. The summed E-state index contributed by atoms with van der Waals surface area (Å²) in [5.41, 5.74) is 0.176. The Morgan fingerprint density at radius 1 is 1.38 bits per heavy atom. The second kappa shape index (κ2) is 6.13. The molecule has 108 valence electrons. The van der Waals surface area contributed by atoms with E-state index in [1.165, 1.54) is 25.1 Å². The van der Waals surface area contributed by atoms with Gasteiger partial charge in [0.25, 0.3) is 0 Å². The van der Waals surface area contributed by atoms with Crippen molar-refractivity contribution in [3.8, 4) is 0 Å². The van der Waals surface area contributed by atoms with Crippen molar-refractivity contribution in [1.29, 1.82) is 0 Å². The molecule has 0 amide bonds. The van der Waals surface area contributed by atoms with Crippen molar-refractivity contribution in [2.24, 2.45) is 5.92 Å². The predicted molar refractivity (Wildman–Crippen MR) is 76.5 cm³/mol. The van der Waals surface area contributed by atoms with Crippen molar-refractivity contribution >= 4 is 39.5 Å². The van der Waals surface area contributed by atoms with Crippen molar-refractivity contribution in [2.75, 3.05) is 0 Å².